The van der Waals surface area contributed by atoms with Crippen molar-refractivity contribution in [1.29, 1.82) is 0 Å². The fourth-order valence-corrected chi connectivity index (χ4v) is 8.57. The molecule has 4 aromatic carbocycles. The van der Waals surface area contributed by atoms with Crippen LogP contribution >= 0.6 is 0 Å². The average Bonchev–Trinajstić information content (AvgIpc) is 3.19. The van der Waals surface area contributed by atoms with Crippen LogP contribution in [0.5, 0.6) is 0 Å². The Bertz CT molecular complexity index is 2650. The summed E-state index contributed by atoms with van der Waals surface area (Å²) in [5, 5.41) is 0. The van der Waals surface area contributed by atoms with Gasteiger partial charge in [-0.2, -0.15) is 0 Å². The Kier molecular flexibility index (Phi) is 9.11. The van der Waals surface area contributed by atoms with Gasteiger partial charge in [0.2, 0.25) is 0 Å². The first kappa shape index (κ1) is 36.5. The number of hydrogen-bond acceptors (Lipinski definition) is 9. The highest BCUT2D eigenvalue weighted by molar-refractivity contribution is 5.91. The van der Waals surface area contributed by atoms with Gasteiger partial charge in [-0.15, -0.1) is 0 Å². The molecule has 0 N–H and O–H groups in total. The highest BCUT2D eigenvalue weighted by atomic mass is 15.2. The average molecular weight is 736 g/mol. The third-order valence-electron chi connectivity index (χ3n) is 11.6. The van der Waals surface area contributed by atoms with Crippen LogP contribution in [-0.2, 0) is 0 Å². The quantitative estimate of drug-likeness (QED) is 0.165. The van der Waals surface area contributed by atoms with Gasteiger partial charge in [0.15, 0.2) is 22.6 Å². The van der Waals surface area contributed by atoms with Gasteiger partial charge in [0.1, 0.15) is 0 Å². The van der Waals surface area contributed by atoms with Crippen LogP contribution in [0.3, 0.4) is 0 Å². The van der Waals surface area contributed by atoms with E-state index in [4.69, 9.17) is 9.97 Å². The normalized spacial score (nSPS) is 11.5. The monoisotopic (exact) mass is 735 g/mol. The molecule has 0 aliphatic heterocycles. The number of benzene rings is 4. The molecule has 0 radical (unpaired) electrons. The van der Waals surface area contributed by atoms with Crippen molar-refractivity contribution in [2.24, 2.45) is 0 Å². The predicted molar refractivity (Wildman–Crippen MR) is 227 cm³/mol. The molecule has 0 unspecified atom stereocenters. The summed E-state index contributed by atoms with van der Waals surface area (Å²) < 4.78 is 0. The molecule has 0 amide bonds. The Labute approximate surface area is 328 Å². The molecule has 4 aromatic heterocycles. The molecule has 0 bridgehead atoms. The summed E-state index contributed by atoms with van der Waals surface area (Å²) in [7, 11) is 0. The van der Waals surface area contributed by atoms with E-state index in [1.54, 1.807) is 24.8 Å². The first-order valence-corrected chi connectivity index (χ1v) is 18.9. The molecular weight excluding hydrogens is 691 g/mol. The molecular formula is C47H45N9. The van der Waals surface area contributed by atoms with E-state index in [9.17, 15) is 0 Å². The maximum absolute atomic E-state index is 4.94. The summed E-state index contributed by atoms with van der Waals surface area (Å²) in [6, 6.07) is 13.6. The number of nitrogens with zero attached hydrogens (tertiary/aromatic N) is 9. The Balaban J connectivity index is 1.37. The molecule has 0 saturated heterocycles. The number of rotatable bonds is 6. The van der Waals surface area contributed by atoms with E-state index in [1.165, 1.54) is 27.8 Å². The molecule has 0 fully saturated rings. The first-order valence-electron chi connectivity index (χ1n) is 18.9. The molecule has 8 rings (SSSR count). The zero-order valence-corrected chi connectivity index (χ0v) is 34.0. The molecule has 0 saturated carbocycles. The number of aromatic nitrogens is 8. The minimum atomic E-state index is 0.532. The maximum Gasteiger partial charge on any atom is 0.198 e. The van der Waals surface area contributed by atoms with Gasteiger partial charge in [-0.05, 0) is 155 Å². The largest absolute Gasteiger partial charge is 0.309 e. The summed E-state index contributed by atoms with van der Waals surface area (Å²) in [5.74, 6) is 0. The molecule has 4 heterocycles. The van der Waals surface area contributed by atoms with Crippen molar-refractivity contribution in [1.82, 2.24) is 39.9 Å². The fourth-order valence-electron chi connectivity index (χ4n) is 8.57. The molecule has 9 heteroatoms. The molecule has 0 aliphatic carbocycles. The van der Waals surface area contributed by atoms with Crippen LogP contribution in [0.1, 0.15) is 61.2 Å². The second kappa shape index (κ2) is 14.0. The van der Waals surface area contributed by atoms with Crippen molar-refractivity contribution in [3.63, 3.8) is 0 Å². The lowest BCUT2D eigenvalue weighted by molar-refractivity contribution is 1.11. The lowest BCUT2D eigenvalue weighted by Gasteiger charge is -2.35. The lowest BCUT2D eigenvalue weighted by Crippen LogP contribution is -2.18. The van der Waals surface area contributed by atoms with E-state index in [2.05, 4.69) is 147 Å². The summed E-state index contributed by atoms with van der Waals surface area (Å²) in [6.45, 7) is 24.2. The van der Waals surface area contributed by atoms with Gasteiger partial charge in [-0.3, -0.25) is 0 Å². The molecule has 0 atom stereocenters. The van der Waals surface area contributed by atoms with Crippen LogP contribution in [0, 0.1) is 76.2 Å². The minimum absolute atomic E-state index is 0.532. The molecule has 8 aromatic rings. The molecule has 0 spiro atoms. The minimum Gasteiger partial charge on any atom is -0.309 e. The van der Waals surface area contributed by atoms with Crippen molar-refractivity contribution >= 4 is 39.7 Å². The molecule has 9 nitrogen and oxygen atoms in total. The van der Waals surface area contributed by atoms with Gasteiger partial charge >= 0.3 is 0 Å². The van der Waals surface area contributed by atoms with Crippen molar-refractivity contribution < 1.29 is 0 Å². The smallest absolute Gasteiger partial charge is 0.198 e. The highest BCUT2D eigenvalue weighted by Crippen LogP contribution is 2.49. The van der Waals surface area contributed by atoms with E-state index in [-0.39, 0.29) is 0 Å². The molecule has 278 valence electrons. The van der Waals surface area contributed by atoms with Gasteiger partial charge in [0.25, 0.3) is 0 Å². The first-order chi connectivity index (χ1) is 26.8. The van der Waals surface area contributed by atoms with Gasteiger partial charge in [-0.25, -0.2) is 39.9 Å². The summed E-state index contributed by atoms with van der Waals surface area (Å²) in [5.41, 5.74) is 24.7. The highest BCUT2D eigenvalue weighted by Gasteiger charge is 2.28. The molecule has 56 heavy (non-hydrogen) atoms. The lowest BCUT2D eigenvalue weighted by atomic mass is 9.86. The van der Waals surface area contributed by atoms with Gasteiger partial charge < -0.3 is 4.90 Å². The standard InChI is InChI=1S/C47H45N9/c1-24-20-25(2)39(26(3)21-24)35-12-14-36(15-13-35)56(42-31(8)27(4)40(28(5)32(42)9)37-22-52-44-46(54-37)50-18-16-48-44)43-33(10)29(6)41(30(7)34(43)11)38-23-53-45-47(55-38)51-19-17-49-45/h12-23H,1-11H3. The van der Waals surface area contributed by atoms with E-state index in [1.807, 2.05) is 12.4 Å². The number of anilines is 3. The zero-order chi connectivity index (χ0) is 39.6. The van der Waals surface area contributed by atoms with Crippen LogP contribution in [-0.4, -0.2) is 39.9 Å². The number of fused-ring (bicyclic) bond motifs is 2. The van der Waals surface area contributed by atoms with Crippen LogP contribution in [0.4, 0.5) is 17.1 Å². The van der Waals surface area contributed by atoms with E-state index in [0.29, 0.717) is 22.6 Å². The topological polar surface area (TPSA) is 106 Å². The Morgan fingerprint density at radius 1 is 0.393 bits per heavy atom. The van der Waals surface area contributed by atoms with Crippen molar-refractivity contribution in [3.8, 4) is 33.6 Å². The van der Waals surface area contributed by atoms with Crippen molar-refractivity contribution in [2.45, 2.75) is 76.2 Å². The number of hydrogen-bond donors (Lipinski definition) is 0. The van der Waals surface area contributed by atoms with Gasteiger partial charge in [-0.1, -0.05) is 29.8 Å². The number of aryl methyl sites for hydroxylation is 3. The summed E-state index contributed by atoms with van der Waals surface area (Å²) in [6.07, 6.45) is 10.2. The van der Waals surface area contributed by atoms with Crippen molar-refractivity contribution in [3.05, 3.63) is 135 Å². The SMILES string of the molecule is Cc1cc(C)c(-c2ccc(N(c3c(C)c(C)c(-c4cnc5nccnc5n4)c(C)c3C)c3c(C)c(C)c(-c4cnc5nccnc5n4)c(C)c3C)cc2)c(C)c1. The summed E-state index contributed by atoms with van der Waals surface area (Å²) >= 11 is 0. The van der Waals surface area contributed by atoms with Gasteiger partial charge in [0.05, 0.1) is 35.2 Å². The third-order valence-corrected chi connectivity index (χ3v) is 11.6. The van der Waals surface area contributed by atoms with E-state index < -0.39 is 0 Å². The fraction of sp³-hybridized carbons (Fsp3) is 0.234. The Morgan fingerprint density at radius 2 is 0.768 bits per heavy atom. The predicted octanol–water partition coefficient (Wildman–Crippen LogP) is 11.0. The summed E-state index contributed by atoms with van der Waals surface area (Å²) in [4.78, 5) is 39.2. The van der Waals surface area contributed by atoms with Crippen molar-refractivity contribution in [2.75, 3.05) is 4.90 Å². The van der Waals surface area contributed by atoms with Crippen LogP contribution in [0.25, 0.3) is 56.2 Å². The maximum atomic E-state index is 4.94. The van der Waals surface area contributed by atoms with Crippen LogP contribution < -0.4 is 4.90 Å². The zero-order valence-electron chi connectivity index (χ0n) is 34.0. The van der Waals surface area contributed by atoms with Crippen LogP contribution in [0.15, 0.2) is 73.6 Å². The Hall–Kier alpha value is -6.48. The third kappa shape index (κ3) is 5.95. The van der Waals surface area contributed by atoms with E-state index in [0.717, 1.165) is 84.1 Å². The van der Waals surface area contributed by atoms with Gasteiger partial charge in [0, 0.05) is 41.6 Å². The van der Waals surface area contributed by atoms with Crippen LogP contribution in [0.2, 0.25) is 0 Å². The molecule has 0 aliphatic rings. The second-order valence-corrected chi connectivity index (χ2v) is 15.0. The second-order valence-electron chi connectivity index (χ2n) is 15.0. The van der Waals surface area contributed by atoms with E-state index >= 15 is 0 Å². The Morgan fingerprint density at radius 3 is 1.16 bits per heavy atom.